The van der Waals surface area contributed by atoms with Crippen LogP contribution < -0.4 is 11.2 Å². The molecular formula is C8H5N7O2S. The number of imidazole rings is 1. The third-order valence-electron chi connectivity index (χ3n) is 2.06. The van der Waals surface area contributed by atoms with Crippen LogP contribution in [-0.4, -0.2) is 35.1 Å². The highest BCUT2D eigenvalue weighted by Gasteiger charge is 2.11. The molecule has 10 heteroatoms. The van der Waals surface area contributed by atoms with Gasteiger partial charge >= 0.3 is 5.69 Å². The molecule has 0 atom stereocenters. The zero-order chi connectivity index (χ0) is 12.5. The monoisotopic (exact) mass is 263 g/mol. The average molecular weight is 263 g/mol. The molecule has 3 heterocycles. The van der Waals surface area contributed by atoms with Gasteiger partial charge in [0.2, 0.25) is 0 Å². The van der Waals surface area contributed by atoms with E-state index in [1.54, 1.807) is 0 Å². The van der Waals surface area contributed by atoms with Crippen molar-refractivity contribution in [1.82, 2.24) is 35.1 Å². The van der Waals surface area contributed by atoms with Crippen molar-refractivity contribution in [3.8, 4) is 0 Å². The highest BCUT2D eigenvalue weighted by molar-refractivity contribution is 7.99. The van der Waals surface area contributed by atoms with Crippen LogP contribution in [0.2, 0.25) is 0 Å². The van der Waals surface area contributed by atoms with Gasteiger partial charge in [0.1, 0.15) is 16.9 Å². The Morgan fingerprint density at radius 2 is 2.00 bits per heavy atom. The molecule has 0 aliphatic heterocycles. The molecule has 3 rings (SSSR count). The van der Waals surface area contributed by atoms with Crippen LogP contribution in [0.25, 0.3) is 11.2 Å². The second-order valence-electron chi connectivity index (χ2n) is 3.19. The van der Waals surface area contributed by atoms with Gasteiger partial charge in [-0.05, 0) is 11.8 Å². The van der Waals surface area contributed by atoms with E-state index < -0.39 is 11.2 Å². The van der Waals surface area contributed by atoms with Gasteiger partial charge in [0.25, 0.3) is 5.56 Å². The summed E-state index contributed by atoms with van der Waals surface area (Å²) in [5.74, 6) is 0. The maximum absolute atomic E-state index is 11.5. The quantitative estimate of drug-likeness (QED) is 0.519. The molecule has 3 aromatic heterocycles. The first-order chi connectivity index (χ1) is 8.74. The van der Waals surface area contributed by atoms with Crippen molar-refractivity contribution in [1.29, 1.82) is 0 Å². The van der Waals surface area contributed by atoms with Crippen LogP contribution in [0.3, 0.4) is 0 Å². The molecule has 3 aromatic rings. The Bertz CT molecular complexity index is 820. The van der Waals surface area contributed by atoms with E-state index in [0.29, 0.717) is 16.2 Å². The molecule has 0 bridgehead atoms. The van der Waals surface area contributed by atoms with E-state index >= 15 is 0 Å². The standard InChI is InChI=1S/C8H5N7O2S/c16-5-7(14-15-8(17)13-5)18-6-3-4(10-1-9-3)11-2-12-6/h1-2H,(H,9,10,11,12)(H2,13,15,16,17). The molecule has 90 valence electrons. The van der Waals surface area contributed by atoms with Gasteiger partial charge in [-0.25, -0.2) is 24.8 Å². The van der Waals surface area contributed by atoms with Crippen LogP contribution in [0.4, 0.5) is 0 Å². The highest BCUT2D eigenvalue weighted by atomic mass is 32.2. The van der Waals surface area contributed by atoms with Crippen molar-refractivity contribution in [2.75, 3.05) is 0 Å². The number of nitrogens with one attached hydrogen (secondary N) is 3. The Morgan fingerprint density at radius 3 is 2.83 bits per heavy atom. The van der Waals surface area contributed by atoms with Crippen molar-refractivity contribution < 1.29 is 0 Å². The van der Waals surface area contributed by atoms with E-state index in [4.69, 9.17) is 0 Å². The molecule has 9 nitrogen and oxygen atoms in total. The first-order valence-corrected chi connectivity index (χ1v) is 5.56. The van der Waals surface area contributed by atoms with E-state index in [0.717, 1.165) is 11.8 Å². The molecule has 3 N–H and O–H groups in total. The van der Waals surface area contributed by atoms with Gasteiger partial charge in [-0.3, -0.25) is 9.78 Å². The number of hydrogen-bond acceptors (Lipinski definition) is 7. The highest BCUT2D eigenvalue weighted by Crippen LogP contribution is 2.25. The van der Waals surface area contributed by atoms with Crippen molar-refractivity contribution >= 4 is 22.9 Å². The Morgan fingerprint density at radius 1 is 1.11 bits per heavy atom. The number of rotatable bonds is 2. The minimum Gasteiger partial charge on any atom is -0.341 e. The molecule has 0 aliphatic carbocycles. The number of nitrogens with zero attached hydrogens (tertiary/aromatic N) is 4. The average Bonchev–Trinajstić information content (AvgIpc) is 2.82. The number of fused-ring (bicyclic) bond motifs is 1. The molecule has 0 aromatic carbocycles. The summed E-state index contributed by atoms with van der Waals surface area (Å²) in [7, 11) is 0. The first kappa shape index (κ1) is 10.7. The number of hydrogen-bond donors (Lipinski definition) is 3. The van der Waals surface area contributed by atoms with Gasteiger partial charge in [-0.15, -0.1) is 0 Å². The van der Waals surface area contributed by atoms with Gasteiger partial charge in [0.05, 0.1) is 6.33 Å². The Kier molecular flexibility index (Phi) is 2.41. The first-order valence-electron chi connectivity index (χ1n) is 4.75. The van der Waals surface area contributed by atoms with Gasteiger partial charge in [-0.1, -0.05) is 0 Å². The van der Waals surface area contributed by atoms with Gasteiger partial charge < -0.3 is 4.98 Å². The Hall–Kier alpha value is -2.49. The lowest BCUT2D eigenvalue weighted by molar-refractivity contribution is 0.806. The molecule has 18 heavy (non-hydrogen) atoms. The summed E-state index contributed by atoms with van der Waals surface area (Å²) in [5.41, 5.74) is -0.128. The molecule has 0 fully saturated rings. The van der Waals surface area contributed by atoms with Gasteiger partial charge in [0.15, 0.2) is 10.7 Å². The third-order valence-corrected chi connectivity index (χ3v) is 3.03. The molecule has 0 radical (unpaired) electrons. The van der Waals surface area contributed by atoms with Crippen molar-refractivity contribution in [2.24, 2.45) is 0 Å². The fourth-order valence-electron chi connectivity index (χ4n) is 1.32. The summed E-state index contributed by atoms with van der Waals surface area (Å²) < 4.78 is 0. The smallest absolute Gasteiger partial charge is 0.341 e. The van der Waals surface area contributed by atoms with E-state index in [-0.39, 0.29) is 5.03 Å². The summed E-state index contributed by atoms with van der Waals surface area (Å²) in [6.07, 6.45) is 2.82. The molecule has 0 spiro atoms. The molecule has 0 aliphatic rings. The minimum absolute atomic E-state index is 0.0872. The second-order valence-corrected chi connectivity index (χ2v) is 4.17. The lowest BCUT2D eigenvalue weighted by Crippen LogP contribution is -2.24. The van der Waals surface area contributed by atoms with Crippen LogP contribution in [-0.2, 0) is 0 Å². The lowest BCUT2D eigenvalue weighted by atomic mass is 10.6. The van der Waals surface area contributed by atoms with Crippen molar-refractivity contribution in [3.63, 3.8) is 0 Å². The normalized spacial score (nSPS) is 10.9. The number of H-pyrrole nitrogens is 3. The predicted octanol–water partition coefficient (Wildman–Crippen LogP) is -0.724. The summed E-state index contributed by atoms with van der Waals surface area (Å²) in [6, 6.07) is 0. The largest absolute Gasteiger partial charge is 0.342 e. The third kappa shape index (κ3) is 1.78. The zero-order valence-corrected chi connectivity index (χ0v) is 9.48. The zero-order valence-electron chi connectivity index (χ0n) is 8.67. The van der Waals surface area contributed by atoms with E-state index in [9.17, 15) is 9.59 Å². The summed E-state index contributed by atoms with van der Waals surface area (Å²) >= 11 is 1.01. The summed E-state index contributed by atoms with van der Waals surface area (Å²) in [6.45, 7) is 0. The molecule has 0 saturated heterocycles. The second kappa shape index (κ2) is 4.07. The maximum atomic E-state index is 11.5. The fraction of sp³-hybridized carbons (Fsp3) is 0. The van der Waals surface area contributed by atoms with E-state index in [1.807, 2.05) is 0 Å². The van der Waals surface area contributed by atoms with Crippen LogP contribution in [0.1, 0.15) is 0 Å². The molecule has 0 amide bonds. The van der Waals surface area contributed by atoms with Gasteiger partial charge in [-0.2, -0.15) is 5.10 Å². The number of aromatic nitrogens is 7. The lowest BCUT2D eigenvalue weighted by Gasteiger charge is -1.98. The maximum Gasteiger partial charge on any atom is 0.342 e. The summed E-state index contributed by atoms with van der Waals surface area (Å²) in [5, 5.41) is 6.39. The SMILES string of the molecule is O=c1[nH]nc(Sc2ncnc3nc[nH]c23)c(=O)[nH]1. The topological polar surface area (TPSA) is 133 Å². The predicted molar refractivity (Wildman–Crippen MR) is 61.3 cm³/mol. The minimum atomic E-state index is -0.654. The van der Waals surface area contributed by atoms with Crippen molar-refractivity contribution in [3.05, 3.63) is 33.5 Å². The summed E-state index contributed by atoms with van der Waals surface area (Å²) in [4.78, 5) is 39.2. The molecular weight excluding hydrogens is 258 g/mol. The Labute approximate surface area is 102 Å². The van der Waals surface area contributed by atoms with E-state index in [2.05, 4.69) is 35.1 Å². The molecule has 0 saturated carbocycles. The van der Waals surface area contributed by atoms with E-state index in [1.165, 1.54) is 12.7 Å². The van der Waals surface area contributed by atoms with Crippen LogP contribution in [0, 0.1) is 0 Å². The fourth-order valence-corrected chi connectivity index (χ4v) is 2.09. The Balaban J connectivity index is 2.09. The number of aromatic amines is 3. The molecule has 0 unspecified atom stereocenters. The van der Waals surface area contributed by atoms with Crippen LogP contribution >= 0.6 is 11.8 Å². The van der Waals surface area contributed by atoms with Crippen molar-refractivity contribution in [2.45, 2.75) is 10.1 Å². The van der Waals surface area contributed by atoms with Gasteiger partial charge in [0, 0.05) is 0 Å². The van der Waals surface area contributed by atoms with Crippen LogP contribution in [0.5, 0.6) is 0 Å². The van der Waals surface area contributed by atoms with Crippen LogP contribution in [0.15, 0.2) is 32.3 Å².